The lowest BCUT2D eigenvalue weighted by atomic mass is 10.2. The van der Waals surface area contributed by atoms with Gasteiger partial charge in [0, 0.05) is 6.42 Å². The van der Waals surface area contributed by atoms with E-state index in [1.165, 1.54) is 0 Å². The van der Waals surface area contributed by atoms with Crippen molar-refractivity contribution in [3.8, 4) is 11.8 Å². The van der Waals surface area contributed by atoms with Gasteiger partial charge in [-0.2, -0.15) is 5.26 Å². The molecule has 0 fully saturated rings. The molecule has 0 heterocycles. The number of benzene rings is 1. The number of para-hydroxylation sites is 1. The first-order valence-corrected chi connectivity index (χ1v) is 5.59. The van der Waals surface area contributed by atoms with Crippen molar-refractivity contribution in [2.24, 2.45) is 0 Å². The molecule has 3 heteroatoms. The van der Waals surface area contributed by atoms with E-state index in [0.29, 0.717) is 13.0 Å². The summed E-state index contributed by atoms with van der Waals surface area (Å²) in [7, 11) is 0. The molecule has 1 atom stereocenters. The number of hydrogen-bond donors (Lipinski definition) is 1. The number of hydrogen-bond acceptors (Lipinski definition) is 3. The Labute approximate surface area is 97.0 Å². The highest BCUT2D eigenvalue weighted by molar-refractivity contribution is 5.31. The van der Waals surface area contributed by atoms with Gasteiger partial charge >= 0.3 is 0 Å². The molecule has 0 bridgehead atoms. The maximum Gasteiger partial charge on any atom is 0.122 e. The van der Waals surface area contributed by atoms with Crippen LogP contribution in [0.15, 0.2) is 24.3 Å². The number of aryl methyl sites for hydroxylation is 1. The molecule has 0 aromatic heterocycles. The predicted octanol–water partition coefficient (Wildman–Crippen LogP) is 2.27. The Balaban J connectivity index is 2.36. The van der Waals surface area contributed by atoms with Crippen LogP contribution in [0.5, 0.6) is 5.75 Å². The fraction of sp³-hybridized carbons (Fsp3) is 0.462. The molecule has 1 aromatic rings. The zero-order valence-electron chi connectivity index (χ0n) is 9.86. The molecule has 1 unspecified atom stereocenters. The highest BCUT2D eigenvalue weighted by Gasteiger charge is 2.05. The zero-order valence-corrected chi connectivity index (χ0v) is 9.86. The van der Waals surface area contributed by atoms with Crippen LogP contribution in [0, 0.1) is 18.3 Å². The molecule has 1 N–H and O–H groups in total. The Hall–Kier alpha value is -1.53. The molecule has 0 amide bonds. The third kappa shape index (κ3) is 3.92. The molecule has 0 radical (unpaired) electrons. The van der Waals surface area contributed by atoms with Crippen molar-refractivity contribution in [1.29, 1.82) is 5.26 Å². The number of ether oxygens (including phenoxy) is 1. The van der Waals surface area contributed by atoms with Crippen LogP contribution in [0.4, 0.5) is 0 Å². The third-order valence-electron chi connectivity index (χ3n) is 2.36. The van der Waals surface area contributed by atoms with Gasteiger partial charge in [-0.25, -0.2) is 0 Å². The molecule has 0 saturated carbocycles. The Kier molecular flexibility index (Phi) is 5.38. The monoisotopic (exact) mass is 218 g/mol. The second-order valence-corrected chi connectivity index (χ2v) is 3.64. The summed E-state index contributed by atoms with van der Waals surface area (Å²) in [5.41, 5.74) is 1.12. The molecule has 3 nitrogen and oxygen atoms in total. The second-order valence-electron chi connectivity index (χ2n) is 3.64. The summed E-state index contributed by atoms with van der Waals surface area (Å²) in [6, 6.07) is 10.00. The van der Waals surface area contributed by atoms with E-state index in [4.69, 9.17) is 10.00 Å². The highest BCUT2D eigenvalue weighted by Crippen LogP contribution is 2.16. The molecule has 0 aliphatic heterocycles. The van der Waals surface area contributed by atoms with Gasteiger partial charge in [-0.3, -0.25) is 0 Å². The van der Waals surface area contributed by atoms with Crippen LogP contribution >= 0.6 is 0 Å². The van der Waals surface area contributed by atoms with Gasteiger partial charge in [0.25, 0.3) is 0 Å². The molecule has 86 valence electrons. The van der Waals surface area contributed by atoms with E-state index in [1.54, 1.807) is 0 Å². The van der Waals surface area contributed by atoms with Gasteiger partial charge in [0.2, 0.25) is 0 Å². The number of nitriles is 1. The maximum absolute atomic E-state index is 8.84. The second kappa shape index (κ2) is 6.86. The van der Waals surface area contributed by atoms with Crippen LogP contribution in [0.1, 0.15) is 18.9 Å². The van der Waals surface area contributed by atoms with Crippen molar-refractivity contribution < 1.29 is 4.74 Å². The lowest BCUT2D eigenvalue weighted by Crippen LogP contribution is -2.28. The molecule has 0 aliphatic carbocycles. The number of nitrogens with zero attached hydrogens (tertiary/aromatic N) is 1. The van der Waals surface area contributed by atoms with Crippen molar-refractivity contribution in [2.45, 2.75) is 26.3 Å². The minimum absolute atomic E-state index is 0.117. The van der Waals surface area contributed by atoms with Crippen molar-refractivity contribution >= 4 is 0 Å². The SMILES string of the molecule is CCNC(C#N)CCOc1ccccc1C. The van der Waals surface area contributed by atoms with E-state index >= 15 is 0 Å². The fourth-order valence-electron chi connectivity index (χ4n) is 1.46. The predicted molar refractivity (Wildman–Crippen MR) is 64.4 cm³/mol. The topological polar surface area (TPSA) is 45.0 Å². The summed E-state index contributed by atoms with van der Waals surface area (Å²) in [4.78, 5) is 0. The quantitative estimate of drug-likeness (QED) is 0.796. The standard InChI is InChI=1S/C13H18N2O/c1-3-15-12(10-14)8-9-16-13-7-5-4-6-11(13)2/h4-7,12,15H,3,8-9H2,1-2H3. The van der Waals surface area contributed by atoms with E-state index in [-0.39, 0.29) is 6.04 Å². The van der Waals surface area contributed by atoms with Gasteiger partial charge in [0.15, 0.2) is 0 Å². The molecule has 1 aromatic carbocycles. The van der Waals surface area contributed by atoms with Gasteiger partial charge in [-0.1, -0.05) is 25.1 Å². The van der Waals surface area contributed by atoms with Crippen LogP contribution in [0.25, 0.3) is 0 Å². The van der Waals surface area contributed by atoms with Gasteiger partial charge in [0.1, 0.15) is 5.75 Å². The first kappa shape index (κ1) is 12.5. The van der Waals surface area contributed by atoms with Crippen molar-refractivity contribution in [3.05, 3.63) is 29.8 Å². The molecular formula is C13H18N2O. The highest BCUT2D eigenvalue weighted by atomic mass is 16.5. The Morgan fingerprint density at radius 3 is 2.81 bits per heavy atom. The van der Waals surface area contributed by atoms with Crippen LogP contribution in [-0.4, -0.2) is 19.2 Å². The molecule has 0 spiro atoms. The maximum atomic E-state index is 8.84. The van der Waals surface area contributed by atoms with E-state index in [9.17, 15) is 0 Å². The summed E-state index contributed by atoms with van der Waals surface area (Å²) in [5.74, 6) is 0.899. The summed E-state index contributed by atoms with van der Waals surface area (Å²) in [6.07, 6.45) is 0.707. The Morgan fingerprint density at radius 2 is 2.19 bits per heavy atom. The van der Waals surface area contributed by atoms with E-state index < -0.39 is 0 Å². The zero-order chi connectivity index (χ0) is 11.8. The minimum Gasteiger partial charge on any atom is -0.493 e. The van der Waals surface area contributed by atoms with Gasteiger partial charge in [-0.15, -0.1) is 0 Å². The van der Waals surface area contributed by atoms with Crippen molar-refractivity contribution in [3.63, 3.8) is 0 Å². The Morgan fingerprint density at radius 1 is 1.44 bits per heavy atom. The van der Waals surface area contributed by atoms with Crippen LogP contribution in [-0.2, 0) is 0 Å². The molecule has 0 saturated heterocycles. The number of nitrogens with one attached hydrogen (secondary N) is 1. The van der Waals surface area contributed by atoms with E-state index in [1.807, 2.05) is 38.1 Å². The van der Waals surface area contributed by atoms with Crippen LogP contribution < -0.4 is 10.1 Å². The average Bonchev–Trinajstić information content (AvgIpc) is 2.30. The largest absolute Gasteiger partial charge is 0.493 e. The molecule has 1 rings (SSSR count). The first-order valence-electron chi connectivity index (χ1n) is 5.59. The van der Waals surface area contributed by atoms with Gasteiger partial charge in [-0.05, 0) is 25.1 Å². The van der Waals surface area contributed by atoms with Crippen LogP contribution in [0.2, 0.25) is 0 Å². The van der Waals surface area contributed by atoms with Gasteiger partial charge < -0.3 is 10.1 Å². The molecule has 0 aliphatic rings. The third-order valence-corrected chi connectivity index (χ3v) is 2.36. The van der Waals surface area contributed by atoms with Crippen molar-refractivity contribution in [2.75, 3.05) is 13.2 Å². The van der Waals surface area contributed by atoms with E-state index in [2.05, 4.69) is 11.4 Å². The average molecular weight is 218 g/mol. The lowest BCUT2D eigenvalue weighted by Gasteiger charge is -2.12. The van der Waals surface area contributed by atoms with Crippen molar-refractivity contribution in [1.82, 2.24) is 5.32 Å². The summed E-state index contributed by atoms with van der Waals surface area (Å²) >= 11 is 0. The van der Waals surface area contributed by atoms with Gasteiger partial charge in [0.05, 0.1) is 18.7 Å². The summed E-state index contributed by atoms with van der Waals surface area (Å²) in [6.45, 7) is 5.38. The first-order chi connectivity index (χ1) is 7.77. The minimum atomic E-state index is -0.117. The fourth-order valence-corrected chi connectivity index (χ4v) is 1.46. The molecule has 16 heavy (non-hydrogen) atoms. The lowest BCUT2D eigenvalue weighted by molar-refractivity contribution is 0.297. The van der Waals surface area contributed by atoms with Crippen LogP contribution in [0.3, 0.4) is 0 Å². The van der Waals surface area contributed by atoms with E-state index in [0.717, 1.165) is 17.9 Å². The smallest absolute Gasteiger partial charge is 0.122 e. The summed E-state index contributed by atoms with van der Waals surface area (Å²) < 4.78 is 5.62. The Bertz CT molecular complexity index is 357. The normalized spacial score (nSPS) is 11.8. The summed E-state index contributed by atoms with van der Waals surface area (Å²) in [5, 5.41) is 11.9. The number of rotatable bonds is 6. The molecular weight excluding hydrogens is 200 g/mol.